The Morgan fingerprint density at radius 3 is 3.00 bits per heavy atom. The molecule has 2 aromatic rings. The van der Waals surface area contributed by atoms with Gasteiger partial charge in [-0.1, -0.05) is 0 Å². The summed E-state index contributed by atoms with van der Waals surface area (Å²) in [4.78, 5) is 10.3. The summed E-state index contributed by atoms with van der Waals surface area (Å²) >= 11 is 0. The number of aromatic nitrogens is 2. The molecule has 24 heavy (non-hydrogen) atoms. The third kappa shape index (κ3) is 4.85. The molecule has 0 bridgehead atoms. The van der Waals surface area contributed by atoms with Crippen LogP contribution in [0.1, 0.15) is 31.1 Å². The van der Waals surface area contributed by atoms with Crippen LogP contribution in [0.2, 0.25) is 0 Å². The van der Waals surface area contributed by atoms with Crippen molar-refractivity contribution in [1.29, 1.82) is 0 Å². The van der Waals surface area contributed by atoms with Gasteiger partial charge in [-0.3, -0.25) is 4.90 Å². The van der Waals surface area contributed by atoms with Gasteiger partial charge in [-0.05, 0) is 31.9 Å². The molecular weight excluding hydrogens is 307 g/mol. The number of nitrogens with zero attached hydrogens (tertiary/aromatic N) is 3. The number of likely N-dealkylation sites (tertiary alicyclic amines) is 1. The Hall–Kier alpha value is -1.79. The molecule has 0 unspecified atom stereocenters. The Bertz CT molecular complexity index is 592. The predicted octanol–water partition coefficient (Wildman–Crippen LogP) is 2.59. The van der Waals surface area contributed by atoms with Gasteiger partial charge in [-0.25, -0.2) is 14.4 Å². The fourth-order valence-electron chi connectivity index (χ4n) is 3.23. The second kappa shape index (κ2) is 8.35. The van der Waals surface area contributed by atoms with Crippen molar-refractivity contribution in [2.45, 2.75) is 51.0 Å². The van der Waals surface area contributed by atoms with Crippen LogP contribution in [-0.2, 0) is 13.0 Å². The smallest absolute Gasteiger partial charge is 0.115 e. The van der Waals surface area contributed by atoms with Crippen molar-refractivity contribution in [3.8, 4) is 0 Å². The summed E-state index contributed by atoms with van der Waals surface area (Å²) in [5.41, 5.74) is 1.03. The molecule has 0 aromatic carbocycles. The van der Waals surface area contributed by atoms with Crippen molar-refractivity contribution >= 4 is 0 Å². The predicted molar refractivity (Wildman–Crippen MR) is 90.2 cm³/mol. The highest BCUT2D eigenvalue weighted by Crippen LogP contribution is 2.22. The molecule has 3 atom stereocenters. The van der Waals surface area contributed by atoms with E-state index in [2.05, 4.69) is 27.1 Å². The van der Waals surface area contributed by atoms with Crippen molar-refractivity contribution in [2.75, 3.05) is 13.1 Å². The summed E-state index contributed by atoms with van der Waals surface area (Å²) in [7, 11) is 0. The van der Waals surface area contributed by atoms with Crippen LogP contribution in [0.5, 0.6) is 0 Å². The lowest BCUT2D eigenvalue weighted by Crippen LogP contribution is -2.40. The monoisotopic (exact) mass is 332 g/mol. The van der Waals surface area contributed by atoms with E-state index in [0.717, 1.165) is 30.7 Å². The largest absolute Gasteiger partial charge is 0.469 e. The highest BCUT2D eigenvalue weighted by atomic mass is 19.1. The number of nitrogens with one attached hydrogen (secondary N) is 1. The molecule has 0 aliphatic carbocycles. The van der Waals surface area contributed by atoms with Gasteiger partial charge in [0.1, 0.15) is 18.3 Å². The molecule has 0 spiro atoms. The molecule has 1 aliphatic heterocycles. The first-order valence-electron chi connectivity index (χ1n) is 8.58. The summed E-state index contributed by atoms with van der Waals surface area (Å²) in [5, 5.41) is 3.54. The minimum absolute atomic E-state index is 0.214. The van der Waals surface area contributed by atoms with Gasteiger partial charge in [0, 0.05) is 56.1 Å². The van der Waals surface area contributed by atoms with E-state index >= 15 is 0 Å². The van der Waals surface area contributed by atoms with Crippen LogP contribution < -0.4 is 5.32 Å². The summed E-state index contributed by atoms with van der Waals surface area (Å²) < 4.78 is 19.2. The maximum absolute atomic E-state index is 13.9. The molecule has 130 valence electrons. The Morgan fingerprint density at radius 1 is 1.42 bits per heavy atom. The van der Waals surface area contributed by atoms with Crippen LogP contribution in [-0.4, -0.2) is 46.2 Å². The molecule has 0 radical (unpaired) electrons. The van der Waals surface area contributed by atoms with E-state index in [1.54, 1.807) is 18.7 Å². The summed E-state index contributed by atoms with van der Waals surface area (Å²) in [6.45, 7) is 4.16. The van der Waals surface area contributed by atoms with Crippen LogP contribution in [0.15, 0.2) is 41.5 Å². The van der Waals surface area contributed by atoms with E-state index in [4.69, 9.17) is 4.42 Å². The van der Waals surface area contributed by atoms with E-state index in [1.807, 2.05) is 12.1 Å². The zero-order valence-electron chi connectivity index (χ0n) is 14.1. The van der Waals surface area contributed by atoms with E-state index in [-0.39, 0.29) is 6.04 Å². The van der Waals surface area contributed by atoms with Gasteiger partial charge in [0.25, 0.3) is 0 Å². The summed E-state index contributed by atoms with van der Waals surface area (Å²) in [6, 6.07) is 4.50. The average molecular weight is 332 g/mol. The topological polar surface area (TPSA) is 54.2 Å². The average Bonchev–Trinajstić information content (AvgIpc) is 3.22. The lowest BCUT2D eigenvalue weighted by atomic mass is 10.1. The molecular formula is C18H25FN4O. The van der Waals surface area contributed by atoms with Gasteiger partial charge in [-0.2, -0.15) is 0 Å². The van der Waals surface area contributed by atoms with E-state index in [0.29, 0.717) is 25.6 Å². The minimum atomic E-state index is -0.750. The molecule has 3 rings (SSSR count). The van der Waals surface area contributed by atoms with E-state index in [1.165, 1.54) is 6.33 Å². The quantitative estimate of drug-likeness (QED) is 0.805. The fourth-order valence-corrected chi connectivity index (χ4v) is 3.23. The Morgan fingerprint density at radius 2 is 2.25 bits per heavy atom. The van der Waals surface area contributed by atoms with Gasteiger partial charge in [0.15, 0.2) is 0 Å². The lowest BCUT2D eigenvalue weighted by Gasteiger charge is -2.25. The van der Waals surface area contributed by atoms with Gasteiger partial charge >= 0.3 is 0 Å². The number of aryl methyl sites for hydroxylation is 1. The summed E-state index contributed by atoms with van der Waals surface area (Å²) in [6.07, 6.45) is 8.59. The molecule has 6 heteroatoms. The summed E-state index contributed by atoms with van der Waals surface area (Å²) in [5.74, 6) is 1.01. The Labute approximate surface area is 142 Å². The second-order valence-corrected chi connectivity index (χ2v) is 6.59. The molecule has 1 aliphatic rings. The lowest BCUT2D eigenvalue weighted by molar-refractivity contribution is 0.225. The van der Waals surface area contributed by atoms with Gasteiger partial charge in [-0.15, -0.1) is 0 Å². The minimum Gasteiger partial charge on any atom is -0.469 e. The van der Waals surface area contributed by atoms with Crippen molar-refractivity contribution in [3.05, 3.63) is 48.4 Å². The standard InChI is InChI=1S/C18H25FN4O/c1-14(4-5-18-3-2-6-24-18)22-10-17-7-16(19)12-23(17)11-15-8-20-13-21-9-15/h2-3,6,8-9,13-14,16-17,22H,4-5,7,10-12H2,1H3/t14-,16-,17-/m0/s1. The zero-order chi connectivity index (χ0) is 16.8. The van der Waals surface area contributed by atoms with Crippen LogP contribution >= 0.6 is 0 Å². The number of alkyl halides is 1. The highest BCUT2D eigenvalue weighted by Gasteiger charge is 2.32. The molecule has 1 saturated heterocycles. The second-order valence-electron chi connectivity index (χ2n) is 6.59. The van der Waals surface area contributed by atoms with Crippen LogP contribution in [0.25, 0.3) is 0 Å². The Kier molecular flexibility index (Phi) is 5.93. The number of hydrogen-bond donors (Lipinski definition) is 1. The highest BCUT2D eigenvalue weighted by molar-refractivity contribution is 5.04. The fraction of sp³-hybridized carbons (Fsp3) is 0.556. The molecule has 5 nitrogen and oxygen atoms in total. The van der Waals surface area contributed by atoms with Crippen molar-refractivity contribution in [3.63, 3.8) is 0 Å². The van der Waals surface area contributed by atoms with Crippen molar-refractivity contribution in [1.82, 2.24) is 20.2 Å². The van der Waals surface area contributed by atoms with Gasteiger partial charge < -0.3 is 9.73 Å². The van der Waals surface area contributed by atoms with E-state index in [9.17, 15) is 4.39 Å². The SMILES string of the molecule is C[C@@H](CCc1ccco1)NC[C@@H]1C[C@H](F)CN1Cc1cncnc1. The van der Waals surface area contributed by atoms with Crippen LogP contribution in [0, 0.1) is 0 Å². The zero-order valence-corrected chi connectivity index (χ0v) is 14.1. The molecule has 2 aromatic heterocycles. The third-order valence-corrected chi connectivity index (χ3v) is 4.58. The number of furan rings is 1. The molecule has 1 fully saturated rings. The first-order chi connectivity index (χ1) is 11.7. The maximum Gasteiger partial charge on any atom is 0.115 e. The number of hydrogen-bond acceptors (Lipinski definition) is 5. The maximum atomic E-state index is 13.9. The third-order valence-electron chi connectivity index (χ3n) is 4.58. The first kappa shape index (κ1) is 17.0. The molecule has 3 heterocycles. The molecule has 0 amide bonds. The number of rotatable bonds is 8. The molecule has 1 N–H and O–H groups in total. The van der Waals surface area contributed by atoms with Gasteiger partial charge in [0.2, 0.25) is 0 Å². The van der Waals surface area contributed by atoms with E-state index < -0.39 is 6.17 Å². The van der Waals surface area contributed by atoms with Crippen LogP contribution in [0.4, 0.5) is 4.39 Å². The molecule has 0 saturated carbocycles. The normalized spacial score (nSPS) is 22.8. The Balaban J connectivity index is 1.45. The first-order valence-corrected chi connectivity index (χ1v) is 8.58. The number of halogens is 1. The van der Waals surface area contributed by atoms with Gasteiger partial charge in [0.05, 0.1) is 6.26 Å². The van der Waals surface area contributed by atoms with Crippen molar-refractivity contribution in [2.24, 2.45) is 0 Å². The van der Waals surface area contributed by atoms with Crippen molar-refractivity contribution < 1.29 is 8.81 Å². The van der Waals surface area contributed by atoms with Crippen LogP contribution in [0.3, 0.4) is 0 Å².